The quantitative estimate of drug-likeness (QED) is 0.775. The van der Waals surface area contributed by atoms with Crippen LogP contribution in [0.1, 0.15) is 34.6 Å². The Hall–Kier alpha value is -0.120. The van der Waals surface area contributed by atoms with Crippen molar-refractivity contribution in [3.05, 3.63) is 0 Å². The Morgan fingerprint density at radius 1 is 1.19 bits per heavy atom. The van der Waals surface area contributed by atoms with Gasteiger partial charge in [-0.15, -0.1) is 0 Å². The predicted molar refractivity (Wildman–Crippen MR) is 68.8 cm³/mol. The summed E-state index contributed by atoms with van der Waals surface area (Å²) < 4.78 is 5.72. The molecule has 0 spiro atoms. The normalized spacial score (nSPS) is 29.6. The molecule has 0 aromatic rings. The van der Waals surface area contributed by atoms with Crippen molar-refractivity contribution < 1.29 is 4.74 Å². The molecule has 96 valence electrons. The third kappa shape index (κ3) is 4.81. The molecule has 1 aliphatic heterocycles. The molecule has 1 rings (SSSR count). The maximum absolute atomic E-state index is 5.72. The van der Waals surface area contributed by atoms with Crippen LogP contribution in [0.3, 0.4) is 0 Å². The van der Waals surface area contributed by atoms with E-state index in [0.29, 0.717) is 24.2 Å². The van der Waals surface area contributed by atoms with Crippen molar-refractivity contribution in [1.82, 2.24) is 10.2 Å². The van der Waals surface area contributed by atoms with Gasteiger partial charge in [0.1, 0.15) is 0 Å². The number of morpholine rings is 1. The van der Waals surface area contributed by atoms with Crippen LogP contribution in [0.5, 0.6) is 0 Å². The first kappa shape index (κ1) is 13.9. The van der Waals surface area contributed by atoms with Gasteiger partial charge in [0.25, 0.3) is 0 Å². The molecule has 0 aromatic carbocycles. The minimum absolute atomic E-state index is 0.381. The van der Waals surface area contributed by atoms with Crippen molar-refractivity contribution in [3.63, 3.8) is 0 Å². The van der Waals surface area contributed by atoms with Gasteiger partial charge in [-0.2, -0.15) is 0 Å². The monoisotopic (exact) mass is 228 g/mol. The summed E-state index contributed by atoms with van der Waals surface area (Å²) in [4.78, 5) is 2.50. The lowest BCUT2D eigenvalue weighted by Gasteiger charge is -2.35. The summed E-state index contributed by atoms with van der Waals surface area (Å²) in [5, 5.41) is 3.58. The van der Waals surface area contributed by atoms with E-state index in [-0.39, 0.29) is 0 Å². The van der Waals surface area contributed by atoms with Crippen LogP contribution in [-0.2, 0) is 4.74 Å². The van der Waals surface area contributed by atoms with E-state index in [2.05, 4.69) is 44.8 Å². The Labute approximate surface area is 101 Å². The summed E-state index contributed by atoms with van der Waals surface area (Å²) in [6.07, 6.45) is 0.762. The van der Waals surface area contributed by atoms with Crippen LogP contribution >= 0.6 is 0 Å². The van der Waals surface area contributed by atoms with Crippen molar-refractivity contribution in [1.29, 1.82) is 0 Å². The Kier molecular flexibility index (Phi) is 5.73. The van der Waals surface area contributed by atoms with Gasteiger partial charge in [-0.1, -0.05) is 13.8 Å². The molecule has 1 saturated heterocycles. The third-order valence-electron chi connectivity index (χ3n) is 3.39. The van der Waals surface area contributed by atoms with Gasteiger partial charge in [0.05, 0.1) is 12.2 Å². The van der Waals surface area contributed by atoms with Crippen molar-refractivity contribution >= 4 is 0 Å². The zero-order chi connectivity index (χ0) is 12.1. The highest BCUT2D eigenvalue weighted by Gasteiger charge is 2.21. The zero-order valence-corrected chi connectivity index (χ0v) is 11.5. The van der Waals surface area contributed by atoms with Crippen molar-refractivity contribution in [2.75, 3.05) is 26.2 Å². The summed E-state index contributed by atoms with van der Waals surface area (Å²) in [5.74, 6) is 0.711. The topological polar surface area (TPSA) is 24.5 Å². The van der Waals surface area contributed by atoms with Crippen molar-refractivity contribution in [3.8, 4) is 0 Å². The molecule has 0 aromatic heterocycles. The van der Waals surface area contributed by atoms with Gasteiger partial charge < -0.3 is 10.1 Å². The molecular weight excluding hydrogens is 200 g/mol. The number of nitrogens with one attached hydrogen (secondary N) is 1. The smallest absolute Gasteiger partial charge is 0.0678 e. The second-order valence-corrected chi connectivity index (χ2v) is 5.50. The fourth-order valence-electron chi connectivity index (χ4n) is 2.15. The third-order valence-corrected chi connectivity index (χ3v) is 3.39. The summed E-state index contributed by atoms with van der Waals surface area (Å²) in [6.45, 7) is 15.5. The number of hydrogen-bond acceptors (Lipinski definition) is 3. The van der Waals surface area contributed by atoms with Gasteiger partial charge in [0.15, 0.2) is 0 Å². The molecule has 1 heterocycles. The number of nitrogens with zero attached hydrogens (tertiary/aromatic N) is 1. The van der Waals surface area contributed by atoms with E-state index in [4.69, 9.17) is 4.74 Å². The Bertz CT molecular complexity index is 186. The van der Waals surface area contributed by atoms with E-state index in [1.54, 1.807) is 0 Å². The first-order chi connectivity index (χ1) is 7.49. The highest BCUT2D eigenvalue weighted by molar-refractivity contribution is 4.74. The molecule has 0 aliphatic carbocycles. The van der Waals surface area contributed by atoms with E-state index in [0.717, 1.165) is 26.2 Å². The molecule has 0 saturated carbocycles. The number of rotatable bonds is 5. The second kappa shape index (κ2) is 6.58. The number of hydrogen-bond donors (Lipinski definition) is 1. The van der Waals surface area contributed by atoms with E-state index < -0.39 is 0 Å². The van der Waals surface area contributed by atoms with Crippen LogP contribution in [0, 0.1) is 5.92 Å². The predicted octanol–water partition coefficient (Wildman–Crippen LogP) is 1.73. The summed E-state index contributed by atoms with van der Waals surface area (Å²) >= 11 is 0. The standard InChI is InChI=1S/C13H28N2O/c1-10(2)13(5)14-6-7-15-8-11(3)16-12(4)9-15/h10-14H,6-9H2,1-5H3. The minimum atomic E-state index is 0.381. The Morgan fingerprint density at radius 3 is 2.25 bits per heavy atom. The largest absolute Gasteiger partial charge is 0.373 e. The first-order valence-electron chi connectivity index (χ1n) is 6.60. The molecule has 0 radical (unpaired) electrons. The van der Waals surface area contributed by atoms with Crippen LogP contribution in [0.4, 0.5) is 0 Å². The van der Waals surface area contributed by atoms with Crippen molar-refractivity contribution in [2.45, 2.75) is 52.9 Å². The second-order valence-electron chi connectivity index (χ2n) is 5.50. The van der Waals surface area contributed by atoms with E-state index in [1.165, 1.54) is 0 Å². The molecule has 3 nitrogen and oxygen atoms in total. The maximum atomic E-state index is 5.72. The molecule has 0 amide bonds. The molecule has 16 heavy (non-hydrogen) atoms. The molecule has 3 heteroatoms. The van der Waals surface area contributed by atoms with Gasteiger partial charge in [-0.3, -0.25) is 4.90 Å². The molecule has 1 N–H and O–H groups in total. The fourth-order valence-corrected chi connectivity index (χ4v) is 2.15. The van der Waals surface area contributed by atoms with E-state index in [9.17, 15) is 0 Å². The zero-order valence-electron chi connectivity index (χ0n) is 11.5. The van der Waals surface area contributed by atoms with Crippen LogP contribution in [0.2, 0.25) is 0 Å². The number of ether oxygens (including phenoxy) is 1. The lowest BCUT2D eigenvalue weighted by molar-refractivity contribution is -0.0675. The van der Waals surface area contributed by atoms with Crippen molar-refractivity contribution in [2.24, 2.45) is 5.92 Å². The van der Waals surface area contributed by atoms with Crippen LogP contribution < -0.4 is 5.32 Å². The van der Waals surface area contributed by atoms with Crippen LogP contribution in [0.15, 0.2) is 0 Å². The molecule has 1 fully saturated rings. The maximum Gasteiger partial charge on any atom is 0.0678 e. The van der Waals surface area contributed by atoms with Crippen LogP contribution in [-0.4, -0.2) is 49.3 Å². The van der Waals surface area contributed by atoms with Crippen LogP contribution in [0.25, 0.3) is 0 Å². The average molecular weight is 228 g/mol. The van der Waals surface area contributed by atoms with E-state index >= 15 is 0 Å². The summed E-state index contributed by atoms with van der Waals surface area (Å²) in [6, 6.07) is 0.607. The highest BCUT2D eigenvalue weighted by Crippen LogP contribution is 2.09. The Morgan fingerprint density at radius 2 is 1.75 bits per heavy atom. The fraction of sp³-hybridized carbons (Fsp3) is 1.00. The minimum Gasteiger partial charge on any atom is -0.373 e. The molecular formula is C13H28N2O. The summed E-state index contributed by atoms with van der Waals surface area (Å²) in [7, 11) is 0. The first-order valence-corrected chi connectivity index (χ1v) is 6.60. The average Bonchev–Trinajstić information content (AvgIpc) is 2.15. The highest BCUT2D eigenvalue weighted by atomic mass is 16.5. The van der Waals surface area contributed by atoms with Gasteiger partial charge in [-0.25, -0.2) is 0 Å². The van der Waals surface area contributed by atoms with E-state index in [1.807, 2.05) is 0 Å². The molecule has 1 aliphatic rings. The van der Waals surface area contributed by atoms with Gasteiger partial charge in [0.2, 0.25) is 0 Å². The Balaban J connectivity index is 2.17. The molecule has 3 unspecified atom stereocenters. The summed E-state index contributed by atoms with van der Waals surface area (Å²) in [5.41, 5.74) is 0. The van der Waals surface area contributed by atoms with Gasteiger partial charge in [0, 0.05) is 32.2 Å². The lowest BCUT2D eigenvalue weighted by atomic mass is 10.1. The molecule has 3 atom stereocenters. The molecule has 0 bridgehead atoms. The van der Waals surface area contributed by atoms with Gasteiger partial charge >= 0.3 is 0 Å². The lowest BCUT2D eigenvalue weighted by Crippen LogP contribution is -2.48. The van der Waals surface area contributed by atoms with Gasteiger partial charge in [-0.05, 0) is 26.7 Å². The SMILES string of the molecule is CC1CN(CCNC(C)C(C)C)CC(C)O1.